The zero-order chi connectivity index (χ0) is 21.5. The molecule has 0 spiro atoms. The lowest BCUT2D eigenvalue weighted by molar-refractivity contribution is -0.0170. The summed E-state index contributed by atoms with van der Waals surface area (Å²) in [6, 6.07) is 17.2. The highest BCUT2D eigenvalue weighted by Crippen LogP contribution is 2.32. The summed E-state index contributed by atoms with van der Waals surface area (Å²) in [5, 5.41) is 14.0. The summed E-state index contributed by atoms with van der Waals surface area (Å²) < 4.78 is 11.4. The van der Waals surface area contributed by atoms with Gasteiger partial charge in [-0.3, -0.25) is 4.90 Å². The number of nitrogens with one attached hydrogen (secondary N) is 1. The van der Waals surface area contributed by atoms with E-state index in [-0.39, 0.29) is 6.10 Å². The molecule has 5 heteroatoms. The van der Waals surface area contributed by atoms with Crippen molar-refractivity contribution in [1.82, 2.24) is 10.2 Å². The lowest BCUT2D eigenvalue weighted by atomic mass is 9.89. The Bertz CT molecular complexity index is 805. The van der Waals surface area contributed by atoms with E-state index in [0.717, 1.165) is 44.6 Å². The van der Waals surface area contributed by atoms with Gasteiger partial charge in [0.05, 0.1) is 25.9 Å². The van der Waals surface area contributed by atoms with Gasteiger partial charge in [0, 0.05) is 19.1 Å². The van der Waals surface area contributed by atoms with E-state index in [9.17, 15) is 5.11 Å². The van der Waals surface area contributed by atoms with Crippen LogP contribution in [0, 0.1) is 0 Å². The first-order valence-electron chi connectivity index (χ1n) is 11.7. The summed E-state index contributed by atoms with van der Waals surface area (Å²) in [5.74, 6) is 0.883. The molecule has 0 aromatic heterocycles. The molecule has 2 N–H and O–H groups in total. The van der Waals surface area contributed by atoms with Crippen LogP contribution in [-0.4, -0.2) is 56.0 Å². The zero-order valence-electron chi connectivity index (χ0n) is 18.6. The van der Waals surface area contributed by atoms with Gasteiger partial charge in [0.25, 0.3) is 0 Å². The van der Waals surface area contributed by atoms with Crippen LogP contribution in [0.25, 0.3) is 0 Å². The van der Waals surface area contributed by atoms with Crippen LogP contribution in [0.2, 0.25) is 0 Å². The van der Waals surface area contributed by atoms with Crippen LogP contribution < -0.4 is 10.1 Å². The summed E-state index contributed by atoms with van der Waals surface area (Å²) in [7, 11) is 1.70. The van der Waals surface area contributed by atoms with Gasteiger partial charge in [-0.05, 0) is 74.0 Å². The minimum absolute atomic E-state index is 0.108. The molecule has 1 saturated heterocycles. The van der Waals surface area contributed by atoms with E-state index in [1.165, 1.54) is 29.5 Å². The topological polar surface area (TPSA) is 54.0 Å². The SMILES string of the molecule is COc1ccc([C@@H](CNC[C@@H](O)CO[C@@H]2CCCc3ccccc32)N2CCCC2)cc1. The predicted molar refractivity (Wildman–Crippen MR) is 123 cm³/mol. The maximum absolute atomic E-state index is 10.5. The maximum Gasteiger partial charge on any atom is 0.118 e. The fourth-order valence-electron chi connectivity index (χ4n) is 4.89. The predicted octanol–water partition coefficient (Wildman–Crippen LogP) is 3.88. The van der Waals surface area contributed by atoms with Crippen molar-refractivity contribution in [2.24, 2.45) is 0 Å². The van der Waals surface area contributed by atoms with Gasteiger partial charge in [0.2, 0.25) is 0 Å². The number of likely N-dealkylation sites (tertiary alicyclic amines) is 1. The first-order chi connectivity index (χ1) is 15.2. The summed E-state index contributed by atoms with van der Waals surface area (Å²) in [4.78, 5) is 2.54. The van der Waals surface area contributed by atoms with Crippen LogP contribution in [0.1, 0.15) is 54.5 Å². The molecule has 5 nitrogen and oxygen atoms in total. The number of methoxy groups -OCH3 is 1. The summed E-state index contributed by atoms with van der Waals surface area (Å²) in [6.07, 6.45) is 5.42. The maximum atomic E-state index is 10.5. The van der Waals surface area contributed by atoms with E-state index >= 15 is 0 Å². The van der Waals surface area contributed by atoms with E-state index in [2.05, 4.69) is 46.6 Å². The molecular formula is C26H36N2O3. The van der Waals surface area contributed by atoms with Crippen molar-refractivity contribution in [3.63, 3.8) is 0 Å². The lowest BCUT2D eigenvalue weighted by Gasteiger charge is -2.29. The van der Waals surface area contributed by atoms with Crippen molar-refractivity contribution in [3.05, 3.63) is 65.2 Å². The van der Waals surface area contributed by atoms with E-state index in [4.69, 9.17) is 9.47 Å². The Balaban J connectivity index is 1.27. The van der Waals surface area contributed by atoms with E-state index < -0.39 is 6.10 Å². The molecule has 0 unspecified atom stereocenters. The number of ether oxygens (including phenoxy) is 2. The largest absolute Gasteiger partial charge is 0.497 e. The first kappa shape index (κ1) is 22.3. The third-order valence-electron chi connectivity index (χ3n) is 6.60. The number of aliphatic hydroxyl groups is 1. The Hall–Kier alpha value is -1.92. The minimum atomic E-state index is -0.510. The normalized spacial score (nSPS) is 20.9. The number of hydrogen-bond donors (Lipinski definition) is 2. The second kappa shape index (κ2) is 11.1. The first-order valence-corrected chi connectivity index (χ1v) is 11.7. The Labute approximate surface area is 186 Å². The Morgan fingerprint density at radius 2 is 1.81 bits per heavy atom. The standard InChI is InChI=1S/C26H36N2O3/c1-30-23-13-11-21(12-14-23)25(28-15-4-5-16-28)18-27-17-22(29)19-31-26-10-6-8-20-7-2-3-9-24(20)26/h2-3,7,9,11-14,22,25-27,29H,4-6,8,10,15-19H2,1H3/t22-,25-,26-/m1/s1. The van der Waals surface area contributed by atoms with Crippen LogP contribution in [0.4, 0.5) is 0 Å². The summed E-state index contributed by atoms with van der Waals surface area (Å²) in [6.45, 7) is 3.98. The van der Waals surface area contributed by atoms with Gasteiger partial charge in [-0.25, -0.2) is 0 Å². The number of hydrogen-bond acceptors (Lipinski definition) is 5. The van der Waals surface area contributed by atoms with E-state index in [1.54, 1.807) is 7.11 Å². The smallest absolute Gasteiger partial charge is 0.118 e. The molecule has 1 fully saturated rings. The highest BCUT2D eigenvalue weighted by Gasteiger charge is 2.24. The number of fused-ring (bicyclic) bond motifs is 1. The number of aryl methyl sites for hydroxylation is 1. The van der Waals surface area contributed by atoms with E-state index in [1.807, 2.05) is 12.1 Å². The molecule has 2 aliphatic rings. The second-order valence-corrected chi connectivity index (χ2v) is 8.76. The molecule has 3 atom stereocenters. The molecule has 0 radical (unpaired) electrons. The quantitative estimate of drug-likeness (QED) is 0.606. The van der Waals surface area contributed by atoms with Crippen LogP contribution in [-0.2, 0) is 11.2 Å². The zero-order valence-corrected chi connectivity index (χ0v) is 18.6. The van der Waals surface area contributed by atoms with Gasteiger partial charge in [-0.1, -0.05) is 36.4 Å². The summed E-state index contributed by atoms with van der Waals surface area (Å²) in [5.41, 5.74) is 3.97. The lowest BCUT2D eigenvalue weighted by Crippen LogP contribution is -2.38. The molecule has 2 aromatic carbocycles. The van der Waals surface area contributed by atoms with Gasteiger partial charge >= 0.3 is 0 Å². The molecule has 168 valence electrons. The fraction of sp³-hybridized carbons (Fsp3) is 0.538. The molecule has 4 rings (SSSR count). The fourth-order valence-corrected chi connectivity index (χ4v) is 4.89. The molecule has 2 aromatic rings. The Kier molecular flexibility index (Phi) is 7.97. The molecule has 1 aliphatic carbocycles. The van der Waals surface area contributed by atoms with Gasteiger partial charge in [0.1, 0.15) is 5.75 Å². The summed E-state index contributed by atoms with van der Waals surface area (Å²) >= 11 is 0. The molecule has 0 saturated carbocycles. The molecule has 1 aliphatic heterocycles. The minimum Gasteiger partial charge on any atom is -0.497 e. The molecule has 31 heavy (non-hydrogen) atoms. The average Bonchev–Trinajstić information content (AvgIpc) is 3.35. The van der Waals surface area contributed by atoms with Crippen molar-refractivity contribution in [3.8, 4) is 5.75 Å². The second-order valence-electron chi connectivity index (χ2n) is 8.76. The van der Waals surface area contributed by atoms with Gasteiger partial charge in [-0.15, -0.1) is 0 Å². The van der Waals surface area contributed by atoms with Crippen molar-refractivity contribution >= 4 is 0 Å². The van der Waals surface area contributed by atoms with Crippen molar-refractivity contribution in [1.29, 1.82) is 0 Å². The number of benzene rings is 2. The third kappa shape index (κ3) is 5.86. The van der Waals surface area contributed by atoms with Crippen LogP contribution in [0.5, 0.6) is 5.75 Å². The van der Waals surface area contributed by atoms with Crippen molar-refractivity contribution in [2.75, 3.05) is 39.9 Å². The van der Waals surface area contributed by atoms with Crippen LogP contribution in [0.3, 0.4) is 0 Å². The number of aliphatic hydroxyl groups excluding tert-OH is 1. The Morgan fingerprint density at radius 3 is 2.58 bits per heavy atom. The monoisotopic (exact) mass is 424 g/mol. The molecule has 0 bridgehead atoms. The third-order valence-corrected chi connectivity index (χ3v) is 6.60. The van der Waals surface area contributed by atoms with Gasteiger partial charge in [-0.2, -0.15) is 0 Å². The Morgan fingerprint density at radius 1 is 1.03 bits per heavy atom. The molecule has 1 heterocycles. The van der Waals surface area contributed by atoms with Crippen LogP contribution >= 0.6 is 0 Å². The number of nitrogens with zero attached hydrogens (tertiary/aromatic N) is 1. The van der Waals surface area contributed by atoms with Crippen LogP contribution in [0.15, 0.2) is 48.5 Å². The van der Waals surface area contributed by atoms with E-state index in [0.29, 0.717) is 19.2 Å². The van der Waals surface area contributed by atoms with Crippen molar-refractivity contribution < 1.29 is 14.6 Å². The highest BCUT2D eigenvalue weighted by molar-refractivity contribution is 5.31. The average molecular weight is 425 g/mol. The highest BCUT2D eigenvalue weighted by atomic mass is 16.5. The molecule has 0 amide bonds. The molecular weight excluding hydrogens is 388 g/mol. The van der Waals surface area contributed by atoms with Gasteiger partial charge in [0.15, 0.2) is 0 Å². The van der Waals surface area contributed by atoms with Crippen molar-refractivity contribution in [2.45, 2.75) is 50.4 Å². The van der Waals surface area contributed by atoms with Gasteiger partial charge < -0.3 is 19.9 Å². The number of rotatable bonds is 10.